The SMILES string of the molecule is COc1ccc(C(=O)N(C)[C@@H]2COC[C@@H](OC)[C@H]2OC)cc1F. The number of carbonyl (C=O) groups is 1. The van der Waals surface area contributed by atoms with E-state index in [1.807, 2.05) is 0 Å². The van der Waals surface area contributed by atoms with E-state index in [1.54, 1.807) is 21.3 Å². The highest BCUT2D eigenvalue weighted by Crippen LogP contribution is 2.22. The maximum Gasteiger partial charge on any atom is 0.254 e. The number of methoxy groups -OCH3 is 3. The summed E-state index contributed by atoms with van der Waals surface area (Å²) in [4.78, 5) is 14.1. The lowest BCUT2D eigenvalue weighted by Gasteiger charge is -2.40. The fourth-order valence-electron chi connectivity index (χ4n) is 2.74. The molecular weight excluding hydrogens is 305 g/mol. The van der Waals surface area contributed by atoms with Gasteiger partial charge in [0.1, 0.15) is 12.2 Å². The lowest BCUT2D eigenvalue weighted by Crippen LogP contribution is -2.57. The molecule has 1 aromatic carbocycles. The summed E-state index contributed by atoms with van der Waals surface area (Å²) >= 11 is 0. The van der Waals surface area contributed by atoms with Gasteiger partial charge < -0.3 is 23.8 Å². The minimum absolute atomic E-state index is 0.0967. The van der Waals surface area contributed by atoms with Crippen LogP contribution in [-0.2, 0) is 14.2 Å². The Bertz CT molecular complexity index is 553. The van der Waals surface area contributed by atoms with E-state index >= 15 is 0 Å². The number of hydrogen-bond donors (Lipinski definition) is 0. The number of carbonyl (C=O) groups excluding carboxylic acids is 1. The third-order valence-corrected chi connectivity index (χ3v) is 4.11. The van der Waals surface area contributed by atoms with Gasteiger partial charge in [-0.1, -0.05) is 0 Å². The van der Waals surface area contributed by atoms with Crippen molar-refractivity contribution >= 4 is 5.91 Å². The number of amides is 1. The molecule has 2 rings (SSSR count). The van der Waals surface area contributed by atoms with Gasteiger partial charge in [0.2, 0.25) is 0 Å². The molecular formula is C16H22FNO5. The van der Waals surface area contributed by atoms with Crippen LogP contribution in [0.2, 0.25) is 0 Å². The van der Waals surface area contributed by atoms with Gasteiger partial charge in [0.25, 0.3) is 5.91 Å². The predicted octanol–water partition coefficient (Wildman–Crippen LogP) is 1.34. The highest BCUT2D eigenvalue weighted by atomic mass is 19.1. The molecule has 0 unspecified atom stereocenters. The first-order valence-corrected chi connectivity index (χ1v) is 7.27. The highest BCUT2D eigenvalue weighted by Gasteiger charge is 2.38. The molecule has 0 aromatic heterocycles. The Hall–Kier alpha value is -1.70. The molecule has 7 heteroatoms. The van der Waals surface area contributed by atoms with Gasteiger partial charge in [-0.25, -0.2) is 4.39 Å². The average molecular weight is 327 g/mol. The second-order valence-corrected chi connectivity index (χ2v) is 5.34. The van der Waals surface area contributed by atoms with Gasteiger partial charge in [0.15, 0.2) is 11.6 Å². The Kier molecular flexibility index (Phi) is 5.92. The van der Waals surface area contributed by atoms with Crippen molar-refractivity contribution in [3.63, 3.8) is 0 Å². The zero-order chi connectivity index (χ0) is 17.0. The van der Waals surface area contributed by atoms with Crippen LogP contribution in [0.25, 0.3) is 0 Å². The van der Waals surface area contributed by atoms with E-state index in [0.29, 0.717) is 13.2 Å². The molecule has 3 atom stereocenters. The summed E-state index contributed by atoms with van der Waals surface area (Å²) in [6.07, 6.45) is -0.576. The second-order valence-electron chi connectivity index (χ2n) is 5.34. The van der Waals surface area contributed by atoms with Crippen molar-refractivity contribution in [1.82, 2.24) is 4.90 Å². The number of benzene rings is 1. The molecule has 1 heterocycles. The van der Waals surface area contributed by atoms with Crippen molar-refractivity contribution in [3.8, 4) is 5.75 Å². The van der Waals surface area contributed by atoms with Crippen molar-refractivity contribution in [2.24, 2.45) is 0 Å². The predicted molar refractivity (Wildman–Crippen MR) is 81.2 cm³/mol. The smallest absolute Gasteiger partial charge is 0.254 e. The van der Waals surface area contributed by atoms with Crippen LogP contribution in [-0.4, -0.2) is 70.6 Å². The van der Waals surface area contributed by atoms with Gasteiger partial charge in [0.05, 0.1) is 26.4 Å². The number of ether oxygens (including phenoxy) is 4. The quantitative estimate of drug-likeness (QED) is 0.817. The van der Waals surface area contributed by atoms with Gasteiger partial charge in [-0.05, 0) is 18.2 Å². The third-order valence-electron chi connectivity index (χ3n) is 4.11. The van der Waals surface area contributed by atoms with Crippen LogP contribution in [0.5, 0.6) is 5.75 Å². The third kappa shape index (κ3) is 3.63. The van der Waals surface area contributed by atoms with E-state index in [-0.39, 0.29) is 35.5 Å². The number of halogens is 1. The second kappa shape index (κ2) is 7.72. The summed E-state index contributed by atoms with van der Waals surface area (Å²) in [6.45, 7) is 0.740. The molecule has 1 aromatic rings. The van der Waals surface area contributed by atoms with Gasteiger partial charge in [-0.15, -0.1) is 0 Å². The molecule has 0 bridgehead atoms. The van der Waals surface area contributed by atoms with Gasteiger partial charge in [-0.3, -0.25) is 4.79 Å². The Balaban J connectivity index is 2.19. The molecule has 128 valence electrons. The molecule has 0 radical (unpaired) electrons. The Morgan fingerprint density at radius 3 is 2.57 bits per heavy atom. The summed E-state index contributed by atoms with van der Waals surface area (Å²) in [5.41, 5.74) is 0.236. The maximum absolute atomic E-state index is 13.8. The summed E-state index contributed by atoms with van der Waals surface area (Å²) in [5, 5.41) is 0. The van der Waals surface area contributed by atoms with Crippen LogP contribution < -0.4 is 4.74 Å². The van der Waals surface area contributed by atoms with E-state index in [9.17, 15) is 9.18 Å². The number of nitrogens with zero attached hydrogens (tertiary/aromatic N) is 1. The molecule has 1 aliphatic rings. The van der Waals surface area contributed by atoms with Crippen molar-refractivity contribution in [3.05, 3.63) is 29.6 Å². The fraction of sp³-hybridized carbons (Fsp3) is 0.562. The van der Waals surface area contributed by atoms with Crippen LogP contribution in [0.4, 0.5) is 4.39 Å². The summed E-state index contributed by atoms with van der Waals surface area (Å²) in [7, 11) is 6.16. The summed E-state index contributed by atoms with van der Waals surface area (Å²) in [5.74, 6) is -0.803. The lowest BCUT2D eigenvalue weighted by atomic mass is 10.0. The molecule has 0 spiro atoms. The summed E-state index contributed by atoms with van der Waals surface area (Å²) in [6, 6.07) is 3.80. The van der Waals surface area contributed by atoms with Crippen LogP contribution in [0.1, 0.15) is 10.4 Å². The minimum Gasteiger partial charge on any atom is -0.494 e. The van der Waals surface area contributed by atoms with Crippen LogP contribution in [0, 0.1) is 5.82 Å². The first kappa shape index (κ1) is 17.7. The Labute approximate surface area is 135 Å². The van der Waals surface area contributed by atoms with Gasteiger partial charge in [0, 0.05) is 26.8 Å². The van der Waals surface area contributed by atoms with Crippen LogP contribution in [0.3, 0.4) is 0 Å². The monoisotopic (exact) mass is 327 g/mol. The molecule has 6 nitrogen and oxygen atoms in total. The maximum atomic E-state index is 13.8. The van der Waals surface area contributed by atoms with Crippen LogP contribution >= 0.6 is 0 Å². The molecule has 0 aliphatic carbocycles. The standard InChI is InChI=1S/C16H22FNO5/c1-18(12-8-23-9-14(21-3)15(12)22-4)16(19)10-5-6-13(20-2)11(17)7-10/h5-7,12,14-15H,8-9H2,1-4H3/t12-,14-,15+/m1/s1. The molecule has 1 amide bonds. The van der Waals surface area contributed by atoms with Crippen molar-refractivity contribution < 1.29 is 28.1 Å². The molecule has 1 fully saturated rings. The normalized spacial score (nSPS) is 24.3. The van der Waals surface area contributed by atoms with E-state index in [0.717, 1.165) is 6.07 Å². The fourth-order valence-corrected chi connectivity index (χ4v) is 2.74. The van der Waals surface area contributed by atoms with Gasteiger partial charge in [-0.2, -0.15) is 0 Å². The minimum atomic E-state index is -0.579. The van der Waals surface area contributed by atoms with E-state index in [4.69, 9.17) is 18.9 Å². The first-order valence-electron chi connectivity index (χ1n) is 7.27. The zero-order valence-electron chi connectivity index (χ0n) is 13.7. The molecule has 23 heavy (non-hydrogen) atoms. The van der Waals surface area contributed by atoms with Crippen molar-refractivity contribution in [2.75, 3.05) is 41.6 Å². The number of rotatable bonds is 5. The average Bonchev–Trinajstić information content (AvgIpc) is 2.59. The van der Waals surface area contributed by atoms with Gasteiger partial charge >= 0.3 is 0 Å². The molecule has 0 saturated carbocycles. The lowest BCUT2D eigenvalue weighted by molar-refractivity contribution is -0.147. The first-order chi connectivity index (χ1) is 11.0. The molecule has 1 aliphatic heterocycles. The highest BCUT2D eigenvalue weighted by molar-refractivity contribution is 5.94. The summed E-state index contributed by atoms with van der Waals surface area (Å²) < 4.78 is 35.0. The topological polar surface area (TPSA) is 57.2 Å². The molecule has 0 N–H and O–H groups in total. The Morgan fingerprint density at radius 2 is 2.00 bits per heavy atom. The van der Waals surface area contributed by atoms with Crippen LogP contribution in [0.15, 0.2) is 18.2 Å². The number of hydrogen-bond acceptors (Lipinski definition) is 5. The van der Waals surface area contributed by atoms with E-state index in [1.165, 1.54) is 24.1 Å². The van der Waals surface area contributed by atoms with E-state index < -0.39 is 5.82 Å². The van der Waals surface area contributed by atoms with Crippen molar-refractivity contribution in [2.45, 2.75) is 18.2 Å². The van der Waals surface area contributed by atoms with E-state index in [2.05, 4.69) is 0 Å². The van der Waals surface area contributed by atoms with Crippen molar-refractivity contribution in [1.29, 1.82) is 0 Å². The zero-order valence-corrected chi connectivity index (χ0v) is 13.7. The largest absolute Gasteiger partial charge is 0.494 e. The number of likely N-dealkylation sites (N-methyl/N-ethyl adjacent to an activating group) is 1. The molecule has 1 saturated heterocycles. The Morgan fingerprint density at radius 1 is 1.26 bits per heavy atom.